The molecule has 144 valence electrons. The number of hydrogen-bond donors (Lipinski definition) is 2. The lowest BCUT2D eigenvalue weighted by Gasteiger charge is -2.14. The highest BCUT2D eigenvalue weighted by Gasteiger charge is 2.30. The molecule has 1 saturated carbocycles. The summed E-state index contributed by atoms with van der Waals surface area (Å²) in [6.07, 6.45) is 3.68. The van der Waals surface area contributed by atoms with Gasteiger partial charge in [-0.3, -0.25) is 9.59 Å². The highest BCUT2D eigenvalue weighted by atomic mass is 32.1. The Labute approximate surface area is 164 Å². The number of thiophene rings is 1. The fourth-order valence-corrected chi connectivity index (χ4v) is 3.85. The van der Waals surface area contributed by atoms with Crippen molar-refractivity contribution >= 4 is 28.2 Å². The molecule has 27 heavy (non-hydrogen) atoms. The van der Waals surface area contributed by atoms with Crippen LogP contribution in [0.2, 0.25) is 0 Å². The minimum absolute atomic E-state index is 0.0607. The molecule has 1 aromatic heterocycles. The number of benzene rings is 1. The predicted octanol–water partition coefficient (Wildman–Crippen LogP) is 4.16. The van der Waals surface area contributed by atoms with Crippen LogP contribution in [0.3, 0.4) is 0 Å². The minimum atomic E-state index is -0.0772. The monoisotopic (exact) mass is 386 g/mol. The molecule has 1 aliphatic carbocycles. The fraction of sp³-hybridized carbons (Fsp3) is 0.429. The molecule has 1 heterocycles. The number of nitrogens with one attached hydrogen (secondary N) is 2. The SMILES string of the molecule is COc1ccc(CCC(C)NC(=O)c2sc(NC(=O)C3CC3)cc2C)cc1. The summed E-state index contributed by atoms with van der Waals surface area (Å²) in [5, 5.41) is 6.73. The molecule has 0 spiro atoms. The Morgan fingerprint density at radius 2 is 1.96 bits per heavy atom. The van der Waals surface area contributed by atoms with Gasteiger partial charge in [0.15, 0.2) is 0 Å². The van der Waals surface area contributed by atoms with Crippen LogP contribution in [-0.4, -0.2) is 25.0 Å². The van der Waals surface area contributed by atoms with Crippen molar-refractivity contribution in [2.45, 2.75) is 45.6 Å². The summed E-state index contributed by atoms with van der Waals surface area (Å²) in [6.45, 7) is 3.92. The van der Waals surface area contributed by atoms with E-state index in [4.69, 9.17) is 4.74 Å². The third kappa shape index (κ3) is 5.32. The zero-order valence-corrected chi connectivity index (χ0v) is 16.8. The fourth-order valence-electron chi connectivity index (χ4n) is 2.88. The number of ether oxygens (including phenoxy) is 1. The van der Waals surface area contributed by atoms with Gasteiger partial charge in [0, 0.05) is 12.0 Å². The van der Waals surface area contributed by atoms with E-state index in [9.17, 15) is 9.59 Å². The summed E-state index contributed by atoms with van der Waals surface area (Å²) in [5.74, 6) is 0.989. The number of aryl methyl sites for hydroxylation is 2. The molecule has 2 amide bonds. The third-order valence-corrected chi connectivity index (χ3v) is 5.87. The van der Waals surface area contributed by atoms with Gasteiger partial charge in [0.05, 0.1) is 17.0 Å². The number of rotatable bonds is 8. The number of methoxy groups -OCH3 is 1. The molecule has 2 N–H and O–H groups in total. The van der Waals surface area contributed by atoms with E-state index in [-0.39, 0.29) is 23.8 Å². The van der Waals surface area contributed by atoms with Crippen LogP contribution >= 0.6 is 11.3 Å². The van der Waals surface area contributed by atoms with Gasteiger partial charge in [0.25, 0.3) is 5.91 Å². The lowest BCUT2D eigenvalue weighted by atomic mass is 10.1. The van der Waals surface area contributed by atoms with Crippen LogP contribution in [0, 0.1) is 12.8 Å². The van der Waals surface area contributed by atoms with Crippen LogP contribution in [-0.2, 0) is 11.2 Å². The van der Waals surface area contributed by atoms with E-state index in [0.717, 1.165) is 42.0 Å². The van der Waals surface area contributed by atoms with E-state index in [1.54, 1.807) is 7.11 Å². The molecule has 0 aliphatic heterocycles. The van der Waals surface area contributed by atoms with Gasteiger partial charge in [0.1, 0.15) is 5.75 Å². The first-order valence-electron chi connectivity index (χ1n) is 9.31. The van der Waals surface area contributed by atoms with Gasteiger partial charge >= 0.3 is 0 Å². The Bertz CT molecular complexity index is 809. The summed E-state index contributed by atoms with van der Waals surface area (Å²) in [6, 6.07) is 9.93. The average Bonchev–Trinajstić information content (AvgIpc) is 3.44. The van der Waals surface area contributed by atoms with Crippen LogP contribution in [0.1, 0.15) is 47.0 Å². The maximum Gasteiger partial charge on any atom is 0.261 e. The van der Waals surface area contributed by atoms with E-state index in [2.05, 4.69) is 10.6 Å². The van der Waals surface area contributed by atoms with Crippen molar-refractivity contribution in [3.8, 4) is 5.75 Å². The molecule has 0 radical (unpaired) electrons. The highest BCUT2D eigenvalue weighted by molar-refractivity contribution is 7.18. The second-order valence-corrected chi connectivity index (χ2v) is 8.20. The predicted molar refractivity (Wildman–Crippen MR) is 109 cm³/mol. The van der Waals surface area contributed by atoms with E-state index in [0.29, 0.717) is 4.88 Å². The van der Waals surface area contributed by atoms with Crippen molar-refractivity contribution in [2.24, 2.45) is 5.92 Å². The Kier molecular flexibility index (Phi) is 6.16. The van der Waals surface area contributed by atoms with Crippen LogP contribution in [0.5, 0.6) is 5.75 Å². The van der Waals surface area contributed by atoms with Crippen molar-refractivity contribution in [1.29, 1.82) is 0 Å². The van der Waals surface area contributed by atoms with Crippen LogP contribution in [0.4, 0.5) is 5.00 Å². The standard InChI is InChI=1S/C21H26N2O3S/c1-13-12-18(23-20(24)16-8-9-16)27-19(13)21(25)22-14(2)4-5-15-6-10-17(26-3)11-7-15/h6-7,10-12,14,16H,4-5,8-9H2,1-3H3,(H,22,25)(H,23,24). The zero-order valence-electron chi connectivity index (χ0n) is 16.0. The Balaban J connectivity index is 1.51. The number of hydrogen-bond acceptors (Lipinski definition) is 4. The molecule has 2 aromatic rings. The van der Waals surface area contributed by atoms with E-state index >= 15 is 0 Å². The number of carbonyl (C=O) groups excluding carboxylic acids is 2. The van der Waals surface area contributed by atoms with Crippen LogP contribution < -0.4 is 15.4 Å². The van der Waals surface area contributed by atoms with E-state index in [1.807, 2.05) is 44.2 Å². The van der Waals surface area contributed by atoms with Crippen molar-refractivity contribution in [3.63, 3.8) is 0 Å². The molecule has 1 atom stereocenters. The lowest BCUT2D eigenvalue weighted by molar-refractivity contribution is -0.117. The third-order valence-electron chi connectivity index (χ3n) is 4.72. The Morgan fingerprint density at radius 1 is 1.26 bits per heavy atom. The first kappa shape index (κ1) is 19.4. The Morgan fingerprint density at radius 3 is 2.59 bits per heavy atom. The van der Waals surface area contributed by atoms with Gasteiger partial charge < -0.3 is 15.4 Å². The second-order valence-electron chi connectivity index (χ2n) is 7.15. The largest absolute Gasteiger partial charge is 0.497 e. The quantitative estimate of drug-likeness (QED) is 0.716. The van der Waals surface area contributed by atoms with Crippen molar-refractivity contribution in [2.75, 3.05) is 12.4 Å². The highest BCUT2D eigenvalue weighted by Crippen LogP contribution is 2.32. The van der Waals surface area contributed by atoms with Crippen molar-refractivity contribution < 1.29 is 14.3 Å². The summed E-state index contributed by atoms with van der Waals surface area (Å²) in [5.41, 5.74) is 2.11. The first-order valence-corrected chi connectivity index (χ1v) is 10.1. The van der Waals surface area contributed by atoms with E-state index < -0.39 is 0 Å². The molecule has 6 heteroatoms. The Hall–Kier alpha value is -2.34. The van der Waals surface area contributed by atoms with Crippen LogP contribution in [0.25, 0.3) is 0 Å². The average molecular weight is 387 g/mol. The van der Waals surface area contributed by atoms with Gasteiger partial charge in [0.2, 0.25) is 5.91 Å². The van der Waals surface area contributed by atoms with E-state index in [1.165, 1.54) is 16.9 Å². The van der Waals surface area contributed by atoms with Crippen molar-refractivity contribution in [1.82, 2.24) is 5.32 Å². The minimum Gasteiger partial charge on any atom is -0.497 e. The number of anilines is 1. The van der Waals surface area contributed by atoms with Gasteiger partial charge in [-0.25, -0.2) is 0 Å². The molecule has 1 aromatic carbocycles. The van der Waals surface area contributed by atoms with Gasteiger partial charge in [-0.1, -0.05) is 12.1 Å². The molecule has 0 bridgehead atoms. The summed E-state index contributed by atoms with van der Waals surface area (Å²) >= 11 is 1.34. The second kappa shape index (κ2) is 8.57. The summed E-state index contributed by atoms with van der Waals surface area (Å²) in [7, 11) is 1.65. The smallest absolute Gasteiger partial charge is 0.261 e. The molecule has 1 unspecified atom stereocenters. The molecular formula is C21H26N2O3S. The zero-order chi connectivity index (χ0) is 19.4. The van der Waals surface area contributed by atoms with Gasteiger partial charge in [-0.15, -0.1) is 11.3 Å². The summed E-state index contributed by atoms with van der Waals surface area (Å²) in [4.78, 5) is 25.1. The molecule has 1 fully saturated rings. The number of amides is 2. The maximum absolute atomic E-state index is 12.6. The topological polar surface area (TPSA) is 67.4 Å². The van der Waals surface area contributed by atoms with Crippen LogP contribution in [0.15, 0.2) is 30.3 Å². The molecule has 3 rings (SSSR count). The molecule has 0 saturated heterocycles. The number of carbonyl (C=O) groups is 2. The van der Waals surface area contributed by atoms with Crippen molar-refractivity contribution in [3.05, 3.63) is 46.3 Å². The normalized spacial score (nSPS) is 14.5. The summed E-state index contributed by atoms with van der Waals surface area (Å²) < 4.78 is 5.17. The molecule has 5 nitrogen and oxygen atoms in total. The van der Waals surface area contributed by atoms with Gasteiger partial charge in [-0.05, 0) is 68.9 Å². The van der Waals surface area contributed by atoms with Gasteiger partial charge in [-0.2, -0.15) is 0 Å². The maximum atomic E-state index is 12.6. The molecule has 1 aliphatic rings. The molecular weight excluding hydrogens is 360 g/mol. The lowest BCUT2D eigenvalue weighted by Crippen LogP contribution is -2.32. The first-order chi connectivity index (χ1) is 13.0.